The van der Waals surface area contributed by atoms with E-state index in [1.54, 1.807) is 5.01 Å². The van der Waals surface area contributed by atoms with Gasteiger partial charge < -0.3 is 10.9 Å². The average molecular weight is 173 g/mol. The number of nitrogens with zero attached hydrogens (tertiary/aromatic N) is 1. The molecule has 70 valence electrons. The third kappa shape index (κ3) is 1.74. The first kappa shape index (κ1) is 9.44. The molecule has 0 aromatic heterocycles. The molecule has 3 N–H and O–H groups in total. The molecule has 12 heavy (non-hydrogen) atoms. The summed E-state index contributed by atoms with van der Waals surface area (Å²) in [5.74, 6) is -0.396. The van der Waals surface area contributed by atoms with Crippen molar-refractivity contribution < 1.29 is 9.97 Å². The van der Waals surface area contributed by atoms with Crippen LogP contribution in [0.1, 0.15) is 19.8 Å². The molecule has 1 aliphatic rings. The van der Waals surface area contributed by atoms with E-state index in [0.717, 1.165) is 6.42 Å². The van der Waals surface area contributed by atoms with Gasteiger partial charge in [-0.1, -0.05) is 6.92 Å². The summed E-state index contributed by atoms with van der Waals surface area (Å²) in [5.41, 5.74) is 5.16. The Hall–Kier alpha value is -0.650. The number of carbonyl (C=O) groups is 1. The van der Waals surface area contributed by atoms with Gasteiger partial charge in [-0.05, 0) is 6.42 Å². The van der Waals surface area contributed by atoms with Crippen LogP contribution in [0.25, 0.3) is 0 Å². The molecule has 0 aromatic rings. The zero-order valence-electron chi connectivity index (χ0n) is 7.25. The molecule has 5 nitrogen and oxygen atoms in total. The molecule has 1 aliphatic heterocycles. The molecule has 0 bridgehead atoms. The Kier molecular flexibility index (Phi) is 3.02. The fourth-order valence-corrected chi connectivity index (χ4v) is 1.57. The minimum atomic E-state index is -0.396. The quantitative estimate of drug-likeness (QED) is 0.497. The lowest BCUT2D eigenvalue weighted by atomic mass is 10.2. The summed E-state index contributed by atoms with van der Waals surface area (Å²) in [7, 11) is 0. The number of quaternary nitrogens is 1. The van der Waals surface area contributed by atoms with E-state index in [1.165, 1.54) is 0 Å². The molecule has 1 saturated heterocycles. The molecule has 1 rings (SSSR count). The zero-order chi connectivity index (χ0) is 9.14. The van der Waals surface area contributed by atoms with E-state index in [2.05, 4.69) is 0 Å². The molecular weight excluding hydrogens is 158 g/mol. The van der Waals surface area contributed by atoms with E-state index in [9.17, 15) is 10.0 Å². The van der Waals surface area contributed by atoms with Crippen LogP contribution in [0.2, 0.25) is 0 Å². The first-order valence-electron chi connectivity index (χ1n) is 4.25. The summed E-state index contributed by atoms with van der Waals surface area (Å²) >= 11 is 0. The molecular formula is C7H15N3O2. The van der Waals surface area contributed by atoms with Crippen molar-refractivity contribution in [2.24, 2.45) is 5.73 Å². The predicted molar refractivity (Wildman–Crippen MR) is 43.8 cm³/mol. The SMILES string of the molecule is CC[C@@H](C(N)=O)N1CCC[NH+]1[O-]. The van der Waals surface area contributed by atoms with Crippen molar-refractivity contribution in [2.75, 3.05) is 13.1 Å². The minimum Gasteiger partial charge on any atom is -0.613 e. The van der Waals surface area contributed by atoms with Crippen molar-refractivity contribution in [3.8, 4) is 0 Å². The summed E-state index contributed by atoms with van der Waals surface area (Å²) in [6.45, 7) is 3.10. The van der Waals surface area contributed by atoms with E-state index < -0.39 is 5.91 Å². The maximum Gasteiger partial charge on any atom is 0.240 e. The number of hydrogen-bond acceptors (Lipinski definition) is 3. The Bertz CT molecular complexity index is 174. The fraction of sp³-hybridized carbons (Fsp3) is 0.857. The molecule has 1 unspecified atom stereocenters. The van der Waals surface area contributed by atoms with Crippen LogP contribution < -0.4 is 10.9 Å². The molecule has 0 saturated carbocycles. The number of rotatable bonds is 3. The standard InChI is InChI=1S/C7H15N3O2/c1-2-6(7(8)11)9-4-3-5-10(9)12/h6,10H,2-5H2,1H3,(H2,8,11)/t6-/m0/s1. The van der Waals surface area contributed by atoms with Gasteiger partial charge in [0.25, 0.3) is 0 Å². The van der Waals surface area contributed by atoms with Gasteiger partial charge in [0, 0.05) is 6.42 Å². The van der Waals surface area contributed by atoms with Crippen LogP contribution in [0.4, 0.5) is 0 Å². The summed E-state index contributed by atoms with van der Waals surface area (Å²) in [4.78, 5) is 10.9. The van der Waals surface area contributed by atoms with Crippen LogP contribution in [0.15, 0.2) is 0 Å². The Balaban J connectivity index is 2.58. The second-order valence-corrected chi connectivity index (χ2v) is 3.02. The van der Waals surface area contributed by atoms with Crippen LogP contribution in [-0.4, -0.2) is 30.0 Å². The lowest BCUT2D eigenvalue weighted by Gasteiger charge is -2.31. The topological polar surface area (TPSA) is 73.8 Å². The molecule has 1 fully saturated rings. The van der Waals surface area contributed by atoms with Gasteiger partial charge in [0.05, 0.1) is 13.1 Å². The van der Waals surface area contributed by atoms with Crippen LogP contribution >= 0.6 is 0 Å². The van der Waals surface area contributed by atoms with Gasteiger partial charge in [0.15, 0.2) is 0 Å². The molecule has 1 amide bonds. The van der Waals surface area contributed by atoms with Gasteiger partial charge in [-0.15, -0.1) is 5.01 Å². The van der Waals surface area contributed by atoms with Crippen LogP contribution in [0.5, 0.6) is 0 Å². The molecule has 2 atom stereocenters. The average Bonchev–Trinajstić information content (AvgIpc) is 2.38. The third-order valence-corrected chi connectivity index (χ3v) is 2.20. The predicted octanol–water partition coefficient (Wildman–Crippen LogP) is -1.75. The van der Waals surface area contributed by atoms with Crippen molar-refractivity contribution in [1.29, 1.82) is 0 Å². The number of hydrogen-bond donors (Lipinski definition) is 2. The van der Waals surface area contributed by atoms with Gasteiger partial charge in [-0.25, -0.2) is 0 Å². The summed E-state index contributed by atoms with van der Waals surface area (Å²) in [6, 6.07) is -0.389. The lowest BCUT2D eigenvalue weighted by Crippen LogP contribution is -3.12. The van der Waals surface area contributed by atoms with E-state index in [4.69, 9.17) is 5.73 Å². The number of nitrogens with one attached hydrogen (secondary N) is 1. The molecule has 1 heterocycles. The van der Waals surface area contributed by atoms with Gasteiger partial charge in [0.1, 0.15) is 6.04 Å². The van der Waals surface area contributed by atoms with Gasteiger partial charge in [-0.2, -0.15) is 0 Å². The summed E-state index contributed by atoms with van der Waals surface area (Å²) in [5, 5.41) is 12.8. The van der Waals surface area contributed by atoms with E-state index >= 15 is 0 Å². The van der Waals surface area contributed by atoms with Gasteiger partial charge in [0.2, 0.25) is 5.91 Å². The first-order valence-corrected chi connectivity index (χ1v) is 4.25. The van der Waals surface area contributed by atoms with Crippen molar-refractivity contribution in [2.45, 2.75) is 25.8 Å². The number of carbonyl (C=O) groups excluding carboxylic acids is 1. The summed E-state index contributed by atoms with van der Waals surface area (Å²) in [6.07, 6.45) is 1.46. The molecule has 0 spiro atoms. The Labute approximate surface area is 71.7 Å². The summed E-state index contributed by atoms with van der Waals surface area (Å²) < 4.78 is 0. The van der Waals surface area contributed by atoms with Gasteiger partial charge in [-0.3, -0.25) is 9.97 Å². The molecule has 0 aliphatic carbocycles. The van der Waals surface area contributed by atoms with Crippen LogP contribution in [0, 0.1) is 5.21 Å². The first-order chi connectivity index (χ1) is 5.66. The van der Waals surface area contributed by atoms with Crippen molar-refractivity contribution >= 4 is 5.91 Å². The molecule has 0 radical (unpaired) electrons. The highest BCUT2D eigenvalue weighted by molar-refractivity contribution is 5.79. The second kappa shape index (κ2) is 3.84. The highest BCUT2D eigenvalue weighted by Crippen LogP contribution is 2.02. The van der Waals surface area contributed by atoms with Crippen LogP contribution in [-0.2, 0) is 4.79 Å². The van der Waals surface area contributed by atoms with Crippen LogP contribution in [0.3, 0.4) is 0 Å². The smallest absolute Gasteiger partial charge is 0.240 e. The normalized spacial score (nSPS) is 27.3. The van der Waals surface area contributed by atoms with E-state index in [1.807, 2.05) is 6.92 Å². The Morgan fingerprint density at radius 2 is 2.50 bits per heavy atom. The van der Waals surface area contributed by atoms with Crippen molar-refractivity contribution in [1.82, 2.24) is 5.01 Å². The zero-order valence-corrected chi connectivity index (χ0v) is 7.25. The number of amides is 1. The highest BCUT2D eigenvalue weighted by atomic mass is 16.6. The lowest BCUT2D eigenvalue weighted by molar-refractivity contribution is -0.959. The number of nitrogens with two attached hydrogens (primary N) is 1. The Morgan fingerprint density at radius 1 is 1.83 bits per heavy atom. The molecule has 0 aromatic carbocycles. The van der Waals surface area contributed by atoms with E-state index in [0.29, 0.717) is 19.5 Å². The Morgan fingerprint density at radius 3 is 2.83 bits per heavy atom. The maximum absolute atomic E-state index is 11.2. The highest BCUT2D eigenvalue weighted by Gasteiger charge is 2.30. The fourth-order valence-electron chi connectivity index (χ4n) is 1.57. The maximum atomic E-state index is 11.2. The second-order valence-electron chi connectivity index (χ2n) is 3.02. The van der Waals surface area contributed by atoms with Crippen molar-refractivity contribution in [3.63, 3.8) is 0 Å². The monoisotopic (exact) mass is 173 g/mol. The van der Waals surface area contributed by atoms with Gasteiger partial charge >= 0.3 is 0 Å². The third-order valence-electron chi connectivity index (χ3n) is 2.20. The number of primary amides is 1. The number of hydroxylamine groups is 1. The largest absolute Gasteiger partial charge is 0.613 e. The van der Waals surface area contributed by atoms with E-state index in [-0.39, 0.29) is 11.2 Å². The van der Waals surface area contributed by atoms with Crippen molar-refractivity contribution in [3.05, 3.63) is 5.21 Å². The molecule has 5 heteroatoms. The minimum absolute atomic E-state index is 0.0562.